The number of anilines is 2. The summed E-state index contributed by atoms with van der Waals surface area (Å²) in [5, 5.41) is 12.2. The van der Waals surface area contributed by atoms with Crippen molar-refractivity contribution in [3.05, 3.63) is 48.3 Å². The average Bonchev–Trinajstić information content (AvgIpc) is 3.68. The predicted molar refractivity (Wildman–Crippen MR) is 153 cm³/mol. The summed E-state index contributed by atoms with van der Waals surface area (Å²) in [7, 11) is 0. The zero-order valence-electron chi connectivity index (χ0n) is 23.6. The van der Waals surface area contributed by atoms with Crippen molar-refractivity contribution in [3.8, 4) is 0 Å². The number of amides is 3. The van der Waals surface area contributed by atoms with Crippen molar-refractivity contribution in [2.75, 3.05) is 10.3 Å². The van der Waals surface area contributed by atoms with Crippen LogP contribution in [0.5, 0.6) is 0 Å². The van der Waals surface area contributed by atoms with E-state index in [2.05, 4.69) is 45.0 Å². The molecule has 0 aromatic carbocycles. The normalized spacial score (nSPS) is 24.7. The molecule has 0 radical (unpaired) electrons. The molecule has 0 unspecified atom stereocenters. The Hall–Kier alpha value is -3.80. The Morgan fingerprint density at radius 2 is 1.71 bits per heavy atom. The largest absolute Gasteiger partial charge is 0.335 e. The number of nitrogens with one attached hydrogen (secondary N) is 3. The van der Waals surface area contributed by atoms with Crippen molar-refractivity contribution in [1.82, 2.24) is 35.2 Å². The SMILES string of the molecule is C[C@@H]1CCC[C@H](C)N1C(=O)NC1CCC(N(NC2CC2)c2cc(NC(=O)c3cnc4cccnn34)c(F)cn2)CC1. The van der Waals surface area contributed by atoms with E-state index >= 15 is 0 Å². The minimum atomic E-state index is -0.622. The van der Waals surface area contributed by atoms with Gasteiger partial charge in [0.25, 0.3) is 5.91 Å². The molecular weight excluding hydrogens is 525 g/mol. The fourth-order valence-electron chi connectivity index (χ4n) is 6.14. The van der Waals surface area contributed by atoms with Gasteiger partial charge in [0, 0.05) is 42.5 Å². The third-order valence-electron chi connectivity index (χ3n) is 8.56. The number of carbonyl (C=O) groups excluding carboxylic acids is 2. The van der Waals surface area contributed by atoms with E-state index in [1.54, 1.807) is 24.4 Å². The van der Waals surface area contributed by atoms with E-state index in [9.17, 15) is 14.0 Å². The molecule has 12 heteroatoms. The second kappa shape index (κ2) is 11.6. The van der Waals surface area contributed by atoms with Crippen LogP contribution in [0, 0.1) is 5.82 Å². The lowest BCUT2D eigenvalue weighted by molar-refractivity contribution is 0.101. The Bertz CT molecular complexity index is 1390. The molecule has 0 spiro atoms. The van der Waals surface area contributed by atoms with Crippen LogP contribution in [0.2, 0.25) is 0 Å². The zero-order valence-corrected chi connectivity index (χ0v) is 23.6. The number of rotatable bonds is 7. The minimum Gasteiger partial charge on any atom is -0.335 e. The molecule has 3 fully saturated rings. The van der Waals surface area contributed by atoms with Crippen LogP contribution in [-0.2, 0) is 0 Å². The lowest BCUT2D eigenvalue weighted by Crippen LogP contribution is -2.55. The Morgan fingerprint density at radius 3 is 2.44 bits per heavy atom. The summed E-state index contributed by atoms with van der Waals surface area (Å²) in [6, 6.07) is 6.22. The van der Waals surface area contributed by atoms with Gasteiger partial charge in [-0.15, -0.1) is 0 Å². The molecule has 11 nitrogen and oxygen atoms in total. The molecule has 41 heavy (non-hydrogen) atoms. The van der Waals surface area contributed by atoms with E-state index in [1.165, 1.54) is 17.1 Å². The number of piperidine rings is 1. The molecule has 4 heterocycles. The Balaban J connectivity index is 1.13. The van der Waals surface area contributed by atoms with Gasteiger partial charge in [-0.1, -0.05) is 0 Å². The molecular formula is C29H38FN9O2. The van der Waals surface area contributed by atoms with E-state index in [4.69, 9.17) is 0 Å². The Morgan fingerprint density at radius 1 is 0.976 bits per heavy atom. The summed E-state index contributed by atoms with van der Waals surface area (Å²) >= 11 is 0. The van der Waals surface area contributed by atoms with Crippen LogP contribution in [0.15, 0.2) is 36.8 Å². The third-order valence-corrected chi connectivity index (χ3v) is 8.56. The van der Waals surface area contributed by atoms with Crippen molar-refractivity contribution >= 4 is 29.1 Å². The van der Waals surface area contributed by atoms with Gasteiger partial charge in [0.2, 0.25) is 0 Å². The second-order valence-corrected chi connectivity index (χ2v) is 11.7. The van der Waals surface area contributed by atoms with Crippen molar-refractivity contribution in [3.63, 3.8) is 0 Å². The first kappa shape index (κ1) is 27.4. The number of urea groups is 1. The number of carbonyl (C=O) groups is 2. The van der Waals surface area contributed by atoms with Crippen LogP contribution >= 0.6 is 0 Å². The first-order chi connectivity index (χ1) is 19.9. The standard InChI is InChI=1S/C29H38FN9O2/c1-18-5-3-6-19(2)37(18)29(41)34-20-10-12-22(13-11-20)38(36-21-8-9-21)27-15-24(23(30)16-31-27)35-28(40)25-17-32-26-7-4-14-33-39(25)26/h4,7,14-22,36H,3,5-6,8-13H2,1-2H3,(H,34,41)(H,31,35,40)/t18-,19+,20?,22?. The molecule has 3 amide bonds. The summed E-state index contributed by atoms with van der Waals surface area (Å²) in [6.45, 7) is 4.27. The summed E-state index contributed by atoms with van der Waals surface area (Å²) in [5.74, 6) is -0.585. The van der Waals surface area contributed by atoms with Gasteiger partial charge in [-0.25, -0.2) is 29.1 Å². The lowest BCUT2D eigenvalue weighted by atomic mass is 9.90. The number of hydrogen-bond acceptors (Lipinski definition) is 7. The number of hydrogen-bond donors (Lipinski definition) is 3. The summed E-state index contributed by atoms with van der Waals surface area (Å²) < 4.78 is 16.3. The fourth-order valence-corrected chi connectivity index (χ4v) is 6.14. The van der Waals surface area contributed by atoms with E-state index in [-0.39, 0.29) is 41.6 Å². The Labute approximate surface area is 238 Å². The molecule has 6 rings (SSSR count). The second-order valence-electron chi connectivity index (χ2n) is 11.7. The van der Waals surface area contributed by atoms with Gasteiger partial charge in [-0.2, -0.15) is 5.10 Å². The molecule has 1 saturated heterocycles. The highest BCUT2D eigenvalue weighted by atomic mass is 19.1. The highest BCUT2D eigenvalue weighted by molar-refractivity contribution is 6.03. The molecule has 1 aliphatic heterocycles. The number of hydrazine groups is 1. The van der Waals surface area contributed by atoms with Crippen molar-refractivity contribution in [2.45, 2.75) is 102 Å². The number of imidazole rings is 1. The number of likely N-dealkylation sites (tertiary alicyclic amines) is 1. The van der Waals surface area contributed by atoms with E-state index in [0.29, 0.717) is 17.5 Å². The van der Waals surface area contributed by atoms with E-state index in [1.807, 2.05) is 9.91 Å². The summed E-state index contributed by atoms with van der Waals surface area (Å²) in [4.78, 5) is 36.7. The average molecular weight is 564 g/mol. The van der Waals surface area contributed by atoms with Gasteiger partial charge in [-0.3, -0.25) is 9.80 Å². The highest BCUT2D eigenvalue weighted by Gasteiger charge is 2.34. The number of fused-ring (bicyclic) bond motifs is 1. The lowest BCUT2D eigenvalue weighted by Gasteiger charge is -2.41. The summed E-state index contributed by atoms with van der Waals surface area (Å²) in [6.07, 6.45) is 12.9. The van der Waals surface area contributed by atoms with Gasteiger partial charge < -0.3 is 15.5 Å². The van der Waals surface area contributed by atoms with Gasteiger partial charge in [0.15, 0.2) is 17.2 Å². The van der Waals surface area contributed by atoms with E-state index < -0.39 is 11.7 Å². The number of pyridine rings is 1. The first-order valence-electron chi connectivity index (χ1n) is 14.8. The molecule has 3 N–H and O–H groups in total. The van der Waals surface area contributed by atoms with Crippen LogP contribution in [0.25, 0.3) is 5.65 Å². The monoisotopic (exact) mass is 563 g/mol. The maximum atomic E-state index is 14.8. The number of nitrogens with zero attached hydrogens (tertiary/aromatic N) is 6. The van der Waals surface area contributed by atoms with Gasteiger partial charge in [-0.05, 0) is 83.8 Å². The summed E-state index contributed by atoms with van der Waals surface area (Å²) in [5.41, 5.74) is 4.34. The molecule has 2 saturated carbocycles. The zero-order chi connectivity index (χ0) is 28.5. The van der Waals surface area contributed by atoms with Crippen LogP contribution in [0.1, 0.15) is 82.1 Å². The maximum Gasteiger partial charge on any atom is 0.318 e. The van der Waals surface area contributed by atoms with Gasteiger partial charge in [0.05, 0.1) is 18.1 Å². The quantitative estimate of drug-likeness (QED) is 0.367. The molecule has 3 aliphatic rings. The van der Waals surface area contributed by atoms with Crippen LogP contribution in [0.3, 0.4) is 0 Å². The molecule has 2 aliphatic carbocycles. The molecule has 2 atom stereocenters. The van der Waals surface area contributed by atoms with E-state index in [0.717, 1.165) is 57.6 Å². The Kier molecular flexibility index (Phi) is 7.74. The van der Waals surface area contributed by atoms with Crippen molar-refractivity contribution in [1.29, 1.82) is 0 Å². The molecule has 218 valence electrons. The van der Waals surface area contributed by atoms with Crippen molar-refractivity contribution in [2.24, 2.45) is 0 Å². The molecule has 3 aromatic rings. The van der Waals surface area contributed by atoms with Crippen LogP contribution < -0.4 is 21.1 Å². The van der Waals surface area contributed by atoms with Crippen LogP contribution in [0.4, 0.5) is 20.7 Å². The van der Waals surface area contributed by atoms with Crippen LogP contribution in [-0.4, -0.2) is 66.6 Å². The minimum absolute atomic E-state index is 0.0409. The van der Waals surface area contributed by atoms with Gasteiger partial charge >= 0.3 is 6.03 Å². The fraction of sp³-hybridized carbons (Fsp3) is 0.552. The third kappa shape index (κ3) is 5.97. The smallest absolute Gasteiger partial charge is 0.318 e. The van der Waals surface area contributed by atoms with Crippen molar-refractivity contribution < 1.29 is 14.0 Å². The highest BCUT2D eigenvalue weighted by Crippen LogP contribution is 2.31. The maximum absolute atomic E-state index is 14.8. The van der Waals surface area contributed by atoms with Gasteiger partial charge in [0.1, 0.15) is 5.82 Å². The molecule has 0 bridgehead atoms. The topological polar surface area (TPSA) is 120 Å². The molecule has 3 aromatic heterocycles. The first-order valence-corrected chi connectivity index (χ1v) is 14.8. The predicted octanol–water partition coefficient (Wildman–Crippen LogP) is 4.27. The number of aromatic nitrogens is 4. The number of halogens is 1.